The standard InChI is InChI=1S/C13H14ClN/c14-11-3-1-9(2-4-11)10-7-12-5-6-13(8-10)15-12/h1-4,7,12-13,15H,5-6,8H2/t12-,13+/m0/s1. The Hall–Kier alpha value is -0.790. The number of hydrogen-bond donors (Lipinski definition) is 1. The van der Waals surface area contributed by atoms with Crippen molar-refractivity contribution < 1.29 is 0 Å². The lowest BCUT2D eigenvalue weighted by molar-refractivity contribution is 0.575. The third kappa shape index (κ3) is 1.82. The van der Waals surface area contributed by atoms with E-state index in [1.807, 2.05) is 12.1 Å². The second-order valence-corrected chi connectivity index (χ2v) is 4.89. The number of benzene rings is 1. The zero-order valence-corrected chi connectivity index (χ0v) is 9.30. The Morgan fingerprint density at radius 2 is 1.93 bits per heavy atom. The van der Waals surface area contributed by atoms with E-state index in [1.54, 1.807) is 0 Å². The summed E-state index contributed by atoms with van der Waals surface area (Å²) in [4.78, 5) is 0. The molecule has 15 heavy (non-hydrogen) atoms. The first-order chi connectivity index (χ1) is 7.31. The molecule has 1 aromatic carbocycles. The molecule has 1 nitrogen and oxygen atoms in total. The predicted molar refractivity (Wildman–Crippen MR) is 64.0 cm³/mol. The minimum absolute atomic E-state index is 0.606. The van der Waals surface area contributed by atoms with Gasteiger partial charge in [-0.1, -0.05) is 29.8 Å². The summed E-state index contributed by atoms with van der Waals surface area (Å²) in [5, 5.41) is 4.41. The predicted octanol–water partition coefficient (Wildman–Crippen LogP) is 3.25. The average Bonchev–Trinajstić information content (AvgIpc) is 2.59. The van der Waals surface area contributed by atoms with Gasteiger partial charge in [0.1, 0.15) is 0 Å². The van der Waals surface area contributed by atoms with Crippen LogP contribution in [-0.2, 0) is 0 Å². The van der Waals surface area contributed by atoms with E-state index in [-0.39, 0.29) is 0 Å². The van der Waals surface area contributed by atoms with E-state index >= 15 is 0 Å². The molecule has 2 aliphatic rings. The minimum Gasteiger partial charge on any atom is -0.307 e. The van der Waals surface area contributed by atoms with E-state index in [4.69, 9.17) is 11.6 Å². The van der Waals surface area contributed by atoms with Crippen molar-refractivity contribution in [3.8, 4) is 0 Å². The minimum atomic E-state index is 0.606. The van der Waals surface area contributed by atoms with Crippen molar-refractivity contribution in [2.75, 3.05) is 0 Å². The number of fused-ring (bicyclic) bond motifs is 2. The highest BCUT2D eigenvalue weighted by molar-refractivity contribution is 6.30. The maximum Gasteiger partial charge on any atom is 0.0406 e. The summed E-state index contributed by atoms with van der Waals surface area (Å²) in [5.74, 6) is 0. The molecule has 0 aliphatic carbocycles. The summed E-state index contributed by atoms with van der Waals surface area (Å²) in [6.45, 7) is 0. The topological polar surface area (TPSA) is 12.0 Å². The van der Waals surface area contributed by atoms with Gasteiger partial charge in [0.05, 0.1) is 0 Å². The molecule has 1 N–H and O–H groups in total. The molecule has 2 heterocycles. The summed E-state index contributed by atoms with van der Waals surface area (Å²) in [6, 6.07) is 9.50. The van der Waals surface area contributed by atoms with Crippen LogP contribution < -0.4 is 5.32 Å². The normalized spacial score (nSPS) is 29.0. The van der Waals surface area contributed by atoms with Crippen molar-refractivity contribution >= 4 is 17.2 Å². The van der Waals surface area contributed by atoms with Gasteiger partial charge < -0.3 is 5.32 Å². The first-order valence-electron chi connectivity index (χ1n) is 5.54. The molecule has 1 saturated heterocycles. The summed E-state index contributed by atoms with van der Waals surface area (Å²) in [5.41, 5.74) is 2.82. The molecule has 3 rings (SSSR count). The Morgan fingerprint density at radius 3 is 2.67 bits per heavy atom. The average molecular weight is 220 g/mol. The van der Waals surface area contributed by atoms with Crippen LogP contribution in [0.25, 0.3) is 5.57 Å². The molecule has 2 atom stereocenters. The van der Waals surface area contributed by atoms with Gasteiger partial charge in [0.25, 0.3) is 0 Å². The molecule has 1 aromatic rings. The van der Waals surface area contributed by atoms with Gasteiger partial charge in [0.2, 0.25) is 0 Å². The van der Waals surface area contributed by atoms with Gasteiger partial charge in [-0.05, 0) is 42.5 Å². The van der Waals surface area contributed by atoms with Crippen molar-refractivity contribution in [1.82, 2.24) is 5.32 Å². The Balaban J connectivity index is 1.91. The van der Waals surface area contributed by atoms with E-state index in [9.17, 15) is 0 Å². The van der Waals surface area contributed by atoms with E-state index < -0.39 is 0 Å². The second kappa shape index (κ2) is 3.66. The summed E-state index contributed by atoms with van der Waals surface area (Å²) in [7, 11) is 0. The van der Waals surface area contributed by atoms with Gasteiger partial charge >= 0.3 is 0 Å². The van der Waals surface area contributed by atoms with Crippen LogP contribution in [0.3, 0.4) is 0 Å². The Morgan fingerprint density at radius 1 is 1.13 bits per heavy atom. The molecule has 0 spiro atoms. The van der Waals surface area contributed by atoms with Gasteiger partial charge in [0.15, 0.2) is 0 Å². The number of halogens is 1. The van der Waals surface area contributed by atoms with Gasteiger partial charge in [-0.15, -0.1) is 0 Å². The van der Waals surface area contributed by atoms with Crippen molar-refractivity contribution in [1.29, 1.82) is 0 Å². The molecule has 2 aliphatic heterocycles. The molecule has 1 fully saturated rings. The fraction of sp³-hybridized carbons (Fsp3) is 0.385. The van der Waals surface area contributed by atoms with Crippen LogP contribution in [0.1, 0.15) is 24.8 Å². The zero-order chi connectivity index (χ0) is 10.3. The van der Waals surface area contributed by atoms with E-state index in [0.29, 0.717) is 12.1 Å². The lowest BCUT2D eigenvalue weighted by Gasteiger charge is -2.21. The first kappa shape index (κ1) is 9.44. The van der Waals surface area contributed by atoms with Crippen molar-refractivity contribution in [2.45, 2.75) is 31.3 Å². The van der Waals surface area contributed by atoms with Crippen LogP contribution >= 0.6 is 11.6 Å². The molecule has 0 unspecified atom stereocenters. The fourth-order valence-electron chi connectivity index (χ4n) is 2.60. The molecule has 0 aromatic heterocycles. The number of rotatable bonds is 1. The maximum atomic E-state index is 5.89. The quantitative estimate of drug-likeness (QED) is 0.765. The van der Waals surface area contributed by atoms with Gasteiger partial charge in [0, 0.05) is 17.1 Å². The summed E-state index contributed by atoms with van der Waals surface area (Å²) < 4.78 is 0. The fourth-order valence-corrected chi connectivity index (χ4v) is 2.72. The van der Waals surface area contributed by atoms with Crippen LogP contribution in [0, 0.1) is 0 Å². The molecule has 0 saturated carbocycles. The van der Waals surface area contributed by atoms with Crippen LogP contribution in [-0.4, -0.2) is 12.1 Å². The number of hydrogen-bond acceptors (Lipinski definition) is 1. The largest absolute Gasteiger partial charge is 0.307 e. The van der Waals surface area contributed by atoms with Crippen LogP contribution in [0.2, 0.25) is 5.02 Å². The Labute approximate surface area is 95.1 Å². The van der Waals surface area contributed by atoms with Crippen molar-refractivity contribution in [2.24, 2.45) is 0 Å². The van der Waals surface area contributed by atoms with Crippen LogP contribution in [0.15, 0.2) is 30.3 Å². The smallest absolute Gasteiger partial charge is 0.0406 e. The van der Waals surface area contributed by atoms with Crippen LogP contribution in [0.5, 0.6) is 0 Å². The third-order valence-corrected chi connectivity index (χ3v) is 3.61. The highest BCUT2D eigenvalue weighted by Gasteiger charge is 2.27. The third-order valence-electron chi connectivity index (χ3n) is 3.36. The lowest BCUT2D eigenvalue weighted by Crippen LogP contribution is -2.31. The molecule has 2 heteroatoms. The van der Waals surface area contributed by atoms with Gasteiger partial charge in [-0.2, -0.15) is 0 Å². The summed E-state index contributed by atoms with van der Waals surface area (Å²) in [6.07, 6.45) is 6.16. The first-order valence-corrected chi connectivity index (χ1v) is 5.92. The summed E-state index contributed by atoms with van der Waals surface area (Å²) >= 11 is 5.89. The highest BCUT2D eigenvalue weighted by Crippen LogP contribution is 2.32. The number of nitrogens with one attached hydrogen (secondary N) is 1. The molecular weight excluding hydrogens is 206 g/mol. The van der Waals surface area contributed by atoms with Crippen molar-refractivity contribution in [3.63, 3.8) is 0 Å². The Bertz CT molecular complexity index is 394. The van der Waals surface area contributed by atoms with E-state index in [1.165, 1.54) is 24.0 Å². The molecule has 0 amide bonds. The van der Waals surface area contributed by atoms with Gasteiger partial charge in [-0.3, -0.25) is 0 Å². The molecule has 78 valence electrons. The van der Waals surface area contributed by atoms with E-state index in [0.717, 1.165) is 11.4 Å². The molecule has 0 radical (unpaired) electrons. The molecular formula is C13H14ClN. The Kier molecular flexibility index (Phi) is 2.30. The highest BCUT2D eigenvalue weighted by atomic mass is 35.5. The second-order valence-electron chi connectivity index (χ2n) is 4.45. The molecule has 2 bridgehead atoms. The van der Waals surface area contributed by atoms with Crippen molar-refractivity contribution in [3.05, 3.63) is 40.9 Å². The zero-order valence-electron chi connectivity index (χ0n) is 8.54. The van der Waals surface area contributed by atoms with E-state index in [2.05, 4.69) is 23.5 Å². The maximum absolute atomic E-state index is 5.89. The SMILES string of the molecule is Clc1ccc(C2=C[C@@H]3CC[C@H](C2)N3)cc1. The lowest BCUT2D eigenvalue weighted by atomic mass is 9.96. The van der Waals surface area contributed by atoms with Gasteiger partial charge in [-0.25, -0.2) is 0 Å². The monoisotopic (exact) mass is 219 g/mol. The van der Waals surface area contributed by atoms with Crippen LogP contribution in [0.4, 0.5) is 0 Å².